The number of anilines is 1. The maximum absolute atomic E-state index is 13.3. The molecule has 0 atom stereocenters. The zero-order valence-corrected chi connectivity index (χ0v) is 24.1. The summed E-state index contributed by atoms with van der Waals surface area (Å²) in [6.07, 6.45) is 1.31. The van der Waals surface area contributed by atoms with Gasteiger partial charge >= 0.3 is 6.09 Å². The first-order chi connectivity index (χ1) is 19.6. The number of aromatic nitrogens is 4. The second kappa shape index (κ2) is 11.5. The van der Waals surface area contributed by atoms with E-state index in [0.29, 0.717) is 59.6 Å². The summed E-state index contributed by atoms with van der Waals surface area (Å²) in [7, 11) is 0. The van der Waals surface area contributed by atoms with Crippen LogP contribution < -0.4 is 5.32 Å². The number of nitrogens with one attached hydrogen (secondary N) is 1. The molecule has 1 N–H and O–H groups in total. The van der Waals surface area contributed by atoms with Crippen LogP contribution in [0.5, 0.6) is 0 Å². The first-order valence-electron chi connectivity index (χ1n) is 13.2. The standard InChI is InChI=1S/C29H31N7O4S/c1-19-16-24(25(37)32-27-31-23(18-41-27)22-10-5-6-11-30-22)36(33-19)21-9-7-8-20(17-21)26(38)34-12-14-35(15-13-34)28(39)40-29(2,3)4/h5-11,16-18H,12-15H2,1-4H3,(H,31,32,37). The van der Waals surface area contributed by atoms with Gasteiger partial charge < -0.3 is 14.5 Å². The second-order valence-corrected chi connectivity index (χ2v) is 11.5. The number of ether oxygens (including phenoxy) is 1. The predicted octanol–water partition coefficient (Wildman–Crippen LogP) is 4.64. The van der Waals surface area contributed by atoms with Crippen molar-refractivity contribution in [1.29, 1.82) is 0 Å². The maximum atomic E-state index is 13.3. The third-order valence-electron chi connectivity index (χ3n) is 6.27. The summed E-state index contributed by atoms with van der Waals surface area (Å²) in [5.41, 5.74) is 2.83. The van der Waals surface area contributed by atoms with Crippen molar-refractivity contribution in [3.8, 4) is 17.1 Å². The lowest BCUT2D eigenvalue weighted by Gasteiger charge is -2.35. The summed E-state index contributed by atoms with van der Waals surface area (Å²) < 4.78 is 6.97. The van der Waals surface area contributed by atoms with Gasteiger partial charge in [0, 0.05) is 43.3 Å². The quantitative estimate of drug-likeness (QED) is 0.369. The first-order valence-corrected chi connectivity index (χ1v) is 14.1. The van der Waals surface area contributed by atoms with Crippen molar-refractivity contribution >= 4 is 34.4 Å². The van der Waals surface area contributed by atoms with E-state index in [1.807, 2.05) is 44.4 Å². The van der Waals surface area contributed by atoms with Crippen LogP contribution in [0.1, 0.15) is 47.3 Å². The van der Waals surface area contributed by atoms with Crippen LogP contribution in [0.4, 0.5) is 9.93 Å². The minimum Gasteiger partial charge on any atom is -0.444 e. The third kappa shape index (κ3) is 6.60. The molecule has 12 heteroatoms. The number of piperazine rings is 1. The van der Waals surface area contributed by atoms with Gasteiger partial charge in [0.1, 0.15) is 17.0 Å². The van der Waals surface area contributed by atoms with Crippen molar-refractivity contribution in [1.82, 2.24) is 29.5 Å². The number of pyridine rings is 1. The molecule has 0 spiro atoms. The van der Waals surface area contributed by atoms with Gasteiger partial charge in [0.25, 0.3) is 11.8 Å². The molecule has 4 aromatic rings. The van der Waals surface area contributed by atoms with Crippen molar-refractivity contribution in [3.05, 3.63) is 77.1 Å². The van der Waals surface area contributed by atoms with E-state index in [9.17, 15) is 14.4 Å². The van der Waals surface area contributed by atoms with Crippen LogP contribution in [0, 0.1) is 6.92 Å². The van der Waals surface area contributed by atoms with E-state index in [4.69, 9.17) is 4.74 Å². The number of carbonyl (C=O) groups is 3. The molecule has 0 unspecified atom stereocenters. The zero-order valence-electron chi connectivity index (χ0n) is 23.3. The number of hydrogen-bond acceptors (Lipinski definition) is 8. The Morgan fingerprint density at radius 3 is 2.41 bits per heavy atom. The third-order valence-corrected chi connectivity index (χ3v) is 7.03. The Morgan fingerprint density at radius 1 is 0.951 bits per heavy atom. The van der Waals surface area contributed by atoms with Crippen molar-refractivity contribution in [2.24, 2.45) is 0 Å². The molecule has 11 nitrogen and oxygen atoms in total. The topological polar surface area (TPSA) is 123 Å². The number of thiazole rings is 1. The summed E-state index contributed by atoms with van der Waals surface area (Å²) in [5, 5.41) is 9.64. The first kappa shape index (κ1) is 28.0. The lowest BCUT2D eigenvalue weighted by molar-refractivity contribution is 0.0141. The van der Waals surface area contributed by atoms with Gasteiger partial charge in [0.2, 0.25) is 0 Å². The number of amides is 3. The molecule has 212 valence electrons. The monoisotopic (exact) mass is 573 g/mol. The van der Waals surface area contributed by atoms with Gasteiger partial charge in [0.05, 0.1) is 17.1 Å². The Kier molecular flexibility index (Phi) is 7.84. The minimum atomic E-state index is -0.575. The smallest absolute Gasteiger partial charge is 0.410 e. The van der Waals surface area contributed by atoms with Gasteiger partial charge in [0.15, 0.2) is 5.13 Å². The van der Waals surface area contributed by atoms with E-state index in [-0.39, 0.29) is 17.9 Å². The van der Waals surface area contributed by atoms with Gasteiger partial charge in [-0.1, -0.05) is 12.1 Å². The van der Waals surface area contributed by atoms with E-state index in [2.05, 4.69) is 20.4 Å². The molecule has 4 heterocycles. The molecule has 3 amide bonds. The molecular formula is C29H31N7O4S. The highest BCUT2D eigenvalue weighted by atomic mass is 32.1. The molecule has 1 aliphatic heterocycles. The summed E-state index contributed by atoms with van der Waals surface area (Å²) >= 11 is 1.31. The number of nitrogens with zero attached hydrogens (tertiary/aromatic N) is 6. The van der Waals surface area contributed by atoms with Gasteiger partial charge in [-0.2, -0.15) is 5.10 Å². The molecule has 5 rings (SSSR count). The molecule has 3 aromatic heterocycles. The molecule has 1 fully saturated rings. The van der Waals surface area contributed by atoms with Crippen LogP contribution in [0.2, 0.25) is 0 Å². The maximum Gasteiger partial charge on any atom is 0.410 e. The normalized spacial score (nSPS) is 13.7. The van der Waals surface area contributed by atoms with Gasteiger partial charge in [-0.05, 0) is 64.1 Å². The van der Waals surface area contributed by atoms with Crippen LogP contribution in [-0.2, 0) is 4.74 Å². The zero-order chi connectivity index (χ0) is 29.1. The molecule has 0 saturated carbocycles. The summed E-state index contributed by atoms with van der Waals surface area (Å²) in [6.45, 7) is 8.85. The molecule has 0 radical (unpaired) electrons. The fraction of sp³-hybridized carbons (Fsp3) is 0.310. The molecule has 1 aliphatic rings. The van der Waals surface area contributed by atoms with Crippen LogP contribution in [0.3, 0.4) is 0 Å². The number of benzene rings is 1. The molecule has 1 aromatic carbocycles. The van der Waals surface area contributed by atoms with E-state index >= 15 is 0 Å². The van der Waals surface area contributed by atoms with Crippen LogP contribution in [0.15, 0.2) is 60.1 Å². The Labute approximate surface area is 241 Å². The average molecular weight is 574 g/mol. The summed E-state index contributed by atoms with van der Waals surface area (Å²) in [6, 6.07) is 14.3. The lowest BCUT2D eigenvalue weighted by atomic mass is 10.1. The van der Waals surface area contributed by atoms with Crippen molar-refractivity contribution < 1.29 is 19.1 Å². The molecule has 0 aliphatic carbocycles. The van der Waals surface area contributed by atoms with Crippen LogP contribution in [0.25, 0.3) is 17.1 Å². The predicted molar refractivity (Wildman–Crippen MR) is 155 cm³/mol. The average Bonchev–Trinajstić information content (AvgIpc) is 3.59. The molecular weight excluding hydrogens is 542 g/mol. The number of carbonyl (C=O) groups excluding carboxylic acids is 3. The van der Waals surface area contributed by atoms with Crippen LogP contribution >= 0.6 is 11.3 Å². The fourth-order valence-electron chi connectivity index (χ4n) is 4.35. The highest BCUT2D eigenvalue weighted by Gasteiger charge is 2.28. The van der Waals surface area contributed by atoms with Gasteiger partial charge in [-0.3, -0.25) is 19.9 Å². The minimum absolute atomic E-state index is 0.157. The van der Waals surface area contributed by atoms with Crippen molar-refractivity contribution in [2.75, 3.05) is 31.5 Å². The summed E-state index contributed by atoms with van der Waals surface area (Å²) in [5.74, 6) is -0.530. The highest BCUT2D eigenvalue weighted by molar-refractivity contribution is 7.14. The van der Waals surface area contributed by atoms with Crippen molar-refractivity contribution in [2.45, 2.75) is 33.3 Å². The fourth-order valence-corrected chi connectivity index (χ4v) is 5.05. The van der Waals surface area contributed by atoms with E-state index in [1.54, 1.807) is 53.3 Å². The van der Waals surface area contributed by atoms with Crippen molar-refractivity contribution in [3.63, 3.8) is 0 Å². The van der Waals surface area contributed by atoms with E-state index < -0.39 is 5.60 Å². The molecule has 0 bridgehead atoms. The Bertz CT molecular complexity index is 1570. The largest absolute Gasteiger partial charge is 0.444 e. The van der Waals surface area contributed by atoms with E-state index in [1.165, 1.54) is 16.0 Å². The van der Waals surface area contributed by atoms with E-state index in [0.717, 1.165) is 5.69 Å². The summed E-state index contributed by atoms with van der Waals surface area (Å²) in [4.78, 5) is 51.1. The molecule has 41 heavy (non-hydrogen) atoms. The number of rotatable bonds is 5. The number of aryl methyl sites for hydroxylation is 1. The second-order valence-electron chi connectivity index (χ2n) is 10.6. The Balaban J connectivity index is 1.28. The Morgan fingerprint density at radius 2 is 1.71 bits per heavy atom. The van der Waals surface area contributed by atoms with Gasteiger partial charge in [-0.15, -0.1) is 11.3 Å². The lowest BCUT2D eigenvalue weighted by Crippen LogP contribution is -2.51. The Hall–Kier alpha value is -4.58. The van der Waals surface area contributed by atoms with Gasteiger partial charge in [-0.25, -0.2) is 14.5 Å². The SMILES string of the molecule is Cc1cc(C(=O)Nc2nc(-c3ccccn3)cs2)n(-c2cccc(C(=O)N3CCN(C(=O)OC(C)(C)C)CC3)c2)n1. The highest BCUT2D eigenvalue weighted by Crippen LogP contribution is 2.24. The number of hydrogen-bond donors (Lipinski definition) is 1. The molecule has 1 saturated heterocycles. The van der Waals surface area contributed by atoms with Crippen LogP contribution in [-0.4, -0.2) is 79.2 Å².